The Hall–Kier alpha value is -1.44. The van der Waals surface area contributed by atoms with Gasteiger partial charge in [0.15, 0.2) is 11.6 Å². The molecule has 2 heteroatoms. The largest absolute Gasteiger partial charge is 0.293 e. The van der Waals surface area contributed by atoms with E-state index in [1.807, 2.05) is 12.1 Å². The Morgan fingerprint density at radius 1 is 1.06 bits per heavy atom. The van der Waals surface area contributed by atoms with E-state index in [2.05, 4.69) is 13.8 Å². The quantitative estimate of drug-likeness (QED) is 0.745. The first-order valence-corrected chi connectivity index (χ1v) is 6.15. The van der Waals surface area contributed by atoms with Crippen molar-refractivity contribution in [3.05, 3.63) is 35.4 Å². The van der Waals surface area contributed by atoms with E-state index in [4.69, 9.17) is 0 Å². The summed E-state index contributed by atoms with van der Waals surface area (Å²) in [7, 11) is 0. The molecule has 0 aromatic heterocycles. The Kier molecular flexibility index (Phi) is 2.90. The van der Waals surface area contributed by atoms with Crippen LogP contribution in [0, 0.1) is 11.3 Å². The van der Waals surface area contributed by atoms with Crippen molar-refractivity contribution in [3.63, 3.8) is 0 Å². The molecule has 0 heterocycles. The zero-order chi connectivity index (χ0) is 12.6. The van der Waals surface area contributed by atoms with Crippen molar-refractivity contribution >= 4 is 11.6 Å². The van der Waals surface area contributed by atoms with Crippen LogP contribution in [-0.4, -0.2) is 11.6 Å². The van der Waals surface area contributed by atoms with Crippen LogP contribution in [0.2, 0.25) is 0 Å². The SMILES string of the molecule is CC(C)CCC1(C)C(=O)c2ccccc2C1=O. The van der Waals surface area contributed by atoms with Gasteiger partial charge in [-0.1, -0.05) is 38.1 Å². The molecular weight excluding hydrogens is 212 g/mol. The summed E-state index contributed by atoms with van der Waals surface area (Å²) in [6, 6.07) is 7.16. The van der Waals surface area contributed by atoms with Crippen molar-refractivity contribution in [3.8, 4) is 0 Å². The normalized spacial score (nSPS) is 17.6. The molecule has 2 nitrogen and oxygen atoms in total. The van der Waals surface area contributed by atoms with E-state index >= 15 is 0 Å². The second-order valence-electron chi connectivity index (χ2n) is 5.47. The van der Waals surface area contributed by atoms with Crippen molar-refractivity contribution in [2.45, 2.75) is 33.6 Å². The molecule has 90 valence electrons. The Morgan fingerprint density at radius 3 is 1.94 bits per heavy atom. The Labute approximate surface area is 102 Å². The van der Waals surface area contributed by atoms with Crippen molar-refractivity contribution in [2.75, 3.05) is 0 Å². The predicted molar refractivity (Wildman–Crippen MR) is 67.3 cm³/mol. The third-order valence-electron chi connectivity index (χ3n) is 3.64. The summed E-state index contributed by atoms with van der Waals surface area (Å²) in [5, 5.41) is 0. The summed E-state index contributed by atoms with van der Waals surface area (Å²) in [6.07, 6.45) is 1.55. The van der Waals surface area contributed by atoms with Crippen LogP contribution in [0.15, 0.2) is 24.3 Å². The Morgan fingerprint density at radius 2 is 1.53 bits per heavy atom. The monoisotopic (exact) mass is 230 g/mol. The van der Waals surface area contributed by atoms with Crippen molar-refractivity contribution in [1.82, 2.24) is 0 Å². The van der Waals surface area contributed by atoms with Gasteiger partial charge in [0.05, 0.1) is 5.41 Å². The average molecular weight is 230 g/mol. The van der Waals surface area contributed by atoms with Crippen LogP contribution in [0.3, 0.4) is 0 Å². The van der Waals surface area contributed by atoms with Crippen LogP contribution in [0.25, 0.3) is 0 Å². The number of fused-ring (bicyclic) bond motifs is 1. The third-order valence-corrected chi connectivity index (χ3v) is 3.64. The molecule has 1 aromatic carbocycles. The molecule has 0 amide bonds. The lowest BCUT2D eigenvalue weighted by molar-refractivity contribution is 0.0701. The summed E-state index contributed by atoms with van der Waals surface area (Å²) < 4.78 is 0. The van der Waals surface area contributed by atoms with Gasteiger partial charge in [0.2, 0.25) is 0 Å². The van der Waals surface area contributed by atoms with Crippen molar-refractivity contribution in [2.24, 2.45) is 11.3 Å². The van der Waals surface area contributed by atoms with Gasteiger partial charge in [-0.3, -0.25) is 9.59 Å². The maximum absolute atomic E-state index is 12.3. The number of hydrogen-bond donors (Lipinski definition) is 0. The van der Waals surface area contributed by atoms with Gasteiger partial charge in [0.1, 0.15) is 0 Å². The van der Waals surface area contributed by atoms with Crippen LogP contribution < -0.4 is 0 Å². The summed E-state index contributed by atoms with van der Waals surface area (Å²) in [5.74, 6) is 0.508. The van der Waals surface area contributed by atoms with Crippen molar-refractivity contribution in [1.29, 1.82) is 0 Å². The van der Waals surface area contributed by atoms with E-state index in [1.165, 1.54) is 0 Å². The van der Waals surface area contributed by atoms with E-state index < -0.39 is 5.41 Å². The van der Waals surface area contributed by atoms with E-state index in [0.29, 0.717) is 23.5 Å². The van der Waals surface area contributed by atoms with Crippen molar-refractivity contribution < 1.29 is 9.59 Å². The number of hydrogen-bond acceptors (Lipinski definition) is 2. The predicted octanol–water partition coefficient (Wildman–Crippen LogP) is 3.51. The maximum Gasteiger partial charge on any atom is 0.177 e. The second kappa shape index (κ2) is 4.10. The lowest BCUT2D eigenvalue weighted by atomic mass is 9.79. The first-order valence-electron chi connectivity index (χ1n) is 6.15. The number of Topliss-reactive ketones (excluding diaryl/α,β-unsaturated/α-hetero) is 2. The molecule has 1 aliphatic carbocycles. The third kappa shape index (κ3) is 1.82. The fourth-order valence-corrected chi connectivity index (χ4v) is 2.38. The van der Waals surface area contributed by atoms with Gasteiger partial charge in [-0.25, -0.2) is 0 Å². The molecule has 0 saturated carbocycles. The van der Waals surface area contributed by atoms with Crippen LogP contribution in [0.4, 0.5) is 0 Å². The molecule has 0 radical (unpaired) electrons. The van der Waals surface area contributed by atoms with Crippen LogP contribution >= 0.6 is 0 Å². The zero-order valence-electron chi connectivity index (χ0n) is 10.6. The highest BCUT2D eigenvalue weighted by Crippen LogP contribution is 2.40. The highest BCUT2D eigenvalue weighted by Gasteiger charge is 2.48. The van der Waals surface area contributed by atoms with Gasteiger partial charge < -0.3 is 0 Å². The second-order valence-corrected chi connectivity index (χ2v) is 5.47. The molecule has 1 aliphatic rings. The van der Waals surface area contributed by atoms with E-state index in [9.17, 15) is 9.59 Å². The number of rotatable bonds is 3. The molecule has 0 spiro atoms. The van der Waals surface area contributed by atoms with E-state index in [-0.39, 0.29) is 11.6 Å². The fourth-order valence-electron chi connectivity index (χ4n) is 2.38. The first-order chi connectivity index (χ1) is 7.97. The Balaban J connectivity index is 2.35. The van der Waals surface area contributed by atoms with E-state index in [0.717, 1.165) is 6.42 Å². The minimum absolute atomic E-state index is 0.00116. The Bertz CT molecular complexity index is 437. The molecular formula is C15H18O2. The number of carbonyl (C=O) groups excluding carboxylic acids is 2. The van der Waals surface area contributed by atoms with Gasteiger partial charge in [-0.15, -0.1) is 0 Å². The summed E-state index contributed by atoms with van der Waals surface area (Å²) in [5.41, 5.74) is 0.376. The molecule has 1 aromatic rings. The molecule has 0 fully saturated rings. The number of ketones is 2. The topological polar surface area (TPSA) is 34.1 Å². The van der Waals surface area contributed by atoms with Gasteiger partial charge in [0.25, 0.3) is 0 Å². The first kappa shape index (κ1) is 12.0. The highest BCUT2D eigenvalue weighted by atomic mass is 16.2. The smallest absolute Gasteiger partial charge is 0.177 e. The molecule has 0 unspecified atom stereocenters. The summed E-state index contributed by atoms with van der Waals surface area (Å²) in [4.78, 5) is 24.6. The highest BCUT2D eigenvalue weighted by molar-refractivity contribution is 6.29. The summed E-state index contributed by atoms with van der Waals surface area (Å²) in [6.45, 7) is 6.01. The fraction of sp³-hybridized carbons (Fsp3) is 0.467. The van der Waals surface area contributed by atoms with Crippen LogP contribution in [-0.2, 0) is 0 Å². The molecule has 0 aliphatic heterocycles. The van der Waals surface area contributed by atoms with Crippen LogP contribution in [0.5, 0.6) is 0 Å². The number of benzene rings is 1. The zero-order valence-corrected chi connectivity index (χ0v) is 10.6. The number of carbonyl (C=O) groups is 2. The minimum atomic E-state index is -0.825. The lowest BCUT2D eigenvalue weighted by Crippen LogP contribution is -2.30. The molecule has 2 rings (SSSR count). The molecule has 0 atom stereocenters. The lowest BCUT2D eigenvalue weighted by Gasteiger charge is -2.21. The molecule has 0 N–H and O–H groups in total. The van der Waals surface area contributed by atoms with Gasteiger partial charge in [-0.2, -0.15) is 0 Å². The molecule has 0 saturated heterocycles. The minimum Gasteiger partial charge on any atom is -0.293 e. The molecule has 17 heavy (non-hydrogen) atoms. The van der Waals surface area contributed by atoms with E-state index in [1.54, 1.807) is 19.1 Å². The van der Waals surface area contributed by atoms with Crippen LogP contribution in [0.1, 0.15) is 54.3 Å². The molecule has 0 bridgehead atoms. The van der Waals surface area contributed by atoms with Gasteiger partial charge in [-0.05, 0) is 25.7 Å². The average Bonchev–Trinajstić information content (AvgIpc) is 2.51. The summed E-state index contributed by atoms with van der Waals surface area (Å²) >= 11 is 0. The van der Waals surface area contributed by atoms with Gasteiger partial charge >= 0.3 is 0 Å². The van der Waals surface area contributed by atoms with Gasteiger partial charge in [0, 0.05) is 11.1 Å². The maximum atomic E-state index is 12.3. The standard InChI is InChI=1S/C15H18O2/c1-10(2)8-9-15(3)13(16)11-6-4-5-7-12(11)14(15)17/h4-7,10H,8-9H2,1-3H3.